The van der Waals surface area contributed by atoms with Crippen molar-refractivity contribution < 1.29 is 10.2 Å². The predicted octanol–water partition coefficient (Wildman–Crippen LogP) is 1.91. The van der Waals surface area contributed by atoms with Crippen molar-refractivity contribution >= 4 is 43.0 Å². The minimum absolute atomic E-state index is 0.562. The van der Waals surface area contributed by atoms with E-state index in [1.54, 1.807) is 0 Å². The van der Waals surface area contributed by atoms with E-state index in [4.69, 9.17) is 10.2 Å². The van der Waals surface area contributed by atoms with Crippen LogP contribution in [0, 0.1) is 0 Å². The molecule has 0 saturated heterocycles. The summed E-state index contributed by atoms with van der Waals surface area (Å²) in [4.78, 5) is 0. The van der Waals surface area contributed by atoms with E-state index in [-0.39, 0.29) is 0 Å². The summed E-state index contributed by atoms with van der Waals surface area (Å²) >= 11 is 7.45. The van der Waals surface area contributed by atoms with Gasteiger partial charge in [0.1, 0.15) is 0 Å². The van der Waals surface area contributed by atoms with E-state index in [1.807, 2.05) is 0 Å². The summed E-state index contributed by atoms with van der Waals surface area (Å²) in [6.45, 7) is 0. The van der Waals surface area contributed by atoms with E-state index in [2.05, 4.69) is 23.3 Å². The van der Waals surface area contributed by atoms with Gasteiger partial charge in [-0.05, 0) is 26.1 Å². The van der Waals surface area contributed by atoms with Gasteiger partial charge in [-0.25, -0.2) is 0 Å². The molecule has 1 saturated carbocycles. The monoisotopic (exact) mass is 218 g/mol. The van der Waals surface area contributed by atoms with Gasteiger partial charge in [-0.1, -0.05) is 23.3 Å². The van der Waals surface area contributed by atoms with Crippen LogP contribution in [0.15, 0.2) is 0 Å². The Labute approximate surface area is 78.2 Å². The second-order valence-electron chi connectivity index (χ2n) is 1.99. The van der Waals surface area contributed by atoms with E-state index >= 15 is 0 Å². The van der Waals surface area contributed by atoms with Crippen molar-refractivity contribution in [2.75, 3.05) is 0 Å². The van der Waals surface area contributed by atoms with Crippen LogP contribution in [0.2, 0.25) is 0 Å². The summed E-state index contributed by atoms with van der Waals surface area (Å²) in [5, 5.41) is 16.9. The first-order chi connectivity index (χ1) is 4.62. The average Bonchev–Trinajstić information content (AvgIpc) is 1.86. The molecule has 62 valence electrons. The molecule has 0 spiro atoms. The molecular weight excluding hydrogens is 208 g/mol. The van der Waals surface area contributed by atoms with Crippen LogP contribution in [0.3, 0.4) is 0 Å². The van der Waals surface area contributed by atoms with E-state index in [0.717, 1.165) is 6.42 Å². The fourth-order valence-electron chi connectivity index (χ4n) is 0.493. The van der Waals surface area contributed by atoms with Gasteiger partial charge in [-0.3, -0.25) is 0 Å². The lowest BCUT2D eigenvalue weighted by molar-refractivity contribution is -0.210. The molecular formula is C4H10O2S4. The van der Waals surface area contributed by atoms with E-state index in [0.29, 0.717) is 12.8 Å². The fraction of sp³-hybridized carbons (Fsp3) is 1.00. The van der Waals surface area contributed by atoms with Gasteiger partial charge in [0, 0.05) is 12.8 Å². The van der Waals surface area contributed by atoms with Crippen LogP contribution < -0.4 is 0 Å². The van der Waals surface area contributed by atoms with Crippen molar-refractivity contribution in [3.63, 3.8) is 0 Å². The standard InChI is InChI=1S/C4H8O2.H2S4/c5-4(6)2-1-3-4;1-3-4-2/h5-6H,1-3H2;1-2H. The van der Waals surface area contributed by atoms with Gasteiger partial charge < -0.3 is 10.2 Å². The predicted molar refractivity (Wildman–Crippen MR) is 54.2 cm³/mol. The van der Waals surface area contributed by atoms with Crippen LogP contribution in [0.25, 0.3) is 0 Å². The lowest BCUT2D eigenvalue weighted by Gasteiger charge is -2.29. The van der Waals surface area contributed by atoms with Crippen LogP contribution >= 0.6 is 43.0 Å². The number of hydrogen-bond acceptors (Lipinski definition) is 6. The van der Waals surface area contributed by atoms with Crippen LogP contribution in [0.1, 0.15) is 19.3 Å². The van der Waals surface area contributed by atoms with Gasteiger partial charge >= 0.3 is 0 Å². The van der Waals surface area contributed by atoms with E-state index < -0.39 is 5.79 Å². The maximum atomic E-state index is 8.47. The zero-order chi connectivity index (χ0) is 8.04. The molecule has 0 atom stereocenters. The van der Waals surface area contributed by atoms with Gasteiger partial charge in [-0.2, -0.15) is 0 Å². The van der Waals surface area contributed by atoms with Crippen molar-refractivity contribution in [2.24, 2.45) is 0 Å². The second-order valence-corrected chi connectivity index (χ2v) is 5.86. The normalized spacial score (nSPS) is 20.4. The van der Waals surface area contributed by atoms with Crippen LogP contribution in [-0.2, 0) is 0 Å². The number of aliphatic hydroxyl groups is 2. The minimum atomic E-state index is -1.28. The first-order valence-corrected chi connectivity index (χ1v) is 6.94. The van der Waals surface area contributed by atoms with Crippen LogP contribution in [0.4, 0.5) is 0 Å². The molecule has 0 aromatic rings. The molecule has 1 aliphatic carbocycles. The summed E-state index contributed by atoms with van der Waals surface area (Å²) in [6.07, 6.45) is 2.09. The largest absolute Gasteiger partial charge is 0.366 e. The maximum Gasteiger partial charge on any atom is 0.162 e. The lowest BCUT2D eigenvalue weighted by Crippen LogP contribution is -2.35. The Bertz CT molecular complexity index is 79.3. The summed E-state index contributed by atoms with van der Waals surface area (Å²) in [6, 6.07) is 0. The van der Waals surface area contributed by atoms with E-state index in [1.165, 1.54) is 19.7 Å². The SMILES string of the molecule is OC1(O)CCC1.SSSS. The molecule has 1 fully saturated rings. The topological polar surface area (TPSA) is 40.5 Å². The quantitative estimate of drug-likeness (QED) is 0.308. The van der Waals surface area contributed by atoms with Crippen LogP contribution in [-0.4, -0.2) is 16.0 Å². The van der Waals surface area contributed by atoms with Crippen molar-refractivity contribution in [1.29, 1.82) is 0 Å². The third-order valence-corrected chi connectivity index (χ3v) is 3.85. The summed E-state index contributed by atoms with van der Waals surface area (Å²) in [5.41, 5.74) is 0. The zero-order valence-electron chi connectivity index (χ0n) is 5.23. The smallest absolute Gasteiger partial charge is 0.162 e. The van der Waals surface area contributed by atoms with E-state index in [9.17, 15) is 0 Å². The number of rotatable bonds is 1. The Morgan fingerprint density at radius 1 is 1.10 bits per heavy atom. The van der Waals surface area contributed by atoms with Crippen LogP contribution in [0.5, 0.6) is 0 Å². The third-order valence-electron chi connectivity index (χ3n) is 1.19. The summed E-state index contributed by atoms with van der Waals surface area (Å²) in [5.74, 6) is -1.28. The number of hydrogen-bond donors (Lipinski definition) is 4. The Morgan fingerprint density at radius 2 is 1.40 bits per heavy atom. The first kappa shape index (κ1) is 11.3. The van der Waals surface area contributed by atoms with Gasteiger partial charge in [-0.15, -0.1) is 0 Å². The third kappa shape index (κ3) is 6.06. The highest BCUT2D eigenvalue weighted by molar-refractivity contribution is 9.21. The molecule has 6 heteroatoms. The maximum absolute atomic E-state index is 8.47. The molecule has 10 heavy (non-hydrogen) atoms. The molecule has 1 aliphatic rings. The second kappa shape index (κ2) is 5.91. The Balaban J connectivity index is 0.000000180. The van der Waals surface area contributed by atoms with Gasteiger partial charge in [0.2, 0.25) is 0 Å². The molecule has 0 bridgehead atoms. The average molecular weight is 218 g/mol. The molecule has 0 heterocycles. The van der Waals surface area contributed by atoms with Crippen molar-refractivity contribution in [3.05, 3.63) is 0 Å². The Morgan fingerprint density at radius 3 is 1.40 bits per heavy atom. The van der Waals surface area contributed by atoms with Gasteiger partial charge in [0.05, 0.1) is 0 Å². The molecule has 0 aromatic heterocycles. The molecule has 2 N–H and O–H groups in total. The van der Waals surface area contributed by atoms with Crippen molar-refractivity contribution in [2.45, 2.75) is 25.0 Å². The Kier molecular flexibility index (Phi) is 6.69. The highest BCUT2D eigenvalue weighted by Gasteiger charge is 2.30. The van der Waals surface area contributed by atoms with Gasteiger partial charge in [0.15, 0.2) is 5.79 Å². The molecule has 0 radical (unpaired) electrons. The minimum Gasteiger partial charge on any atom is -0.366 e. The fourth-order valence-corrected chi connectivity index (χ4v) is 0.493. The molecule has 0 unspecified atom stereocenters. The van der Waals surface area contributed by atoms with Crippen molar-refractivity contribution in [3.8, 4) is 0 Å². The highest BCUT2D eigenvalue weighted by Crippen LogP contribution is 2.27. The van der Waals surface area contributed by atoms with Crippen molar-refractivity contribution in [1.82, 2.24) is 0 Å². The number of thiol groups is 2. The zero-order valence-corrected chi connectivity index (χ0v) is 8.65. The molecule has 2 nitrogen and oxygen atoms in total. The Hall–Kier alpha value is 1.32. The molecule has 0 aliphatic heterocycles. The first-order valence-electron chi connectivity index (χ1n) is 2.69. The van der Waals surface area contributed by atoms with Gasteiger partial charge in [0.25, 0.3) is 0 Å². The summed E-state index contributed by atoms with van der Waals surface area (Å²) < 4.78 is 0. The molecule has 0 aromatic carbocycles. The highest BCUT2D eigenvalue weighted by atomic mass is 33.7. The summed E-state index contributed by atoms with van der Waals surface area (Å²) in [7, 11) is 2.66. The molecule has 0 amide bonds. The molecule has 1 rings (SSSR count). The lowest BCUT2D eigenvalue weighted by atomic mass is 9.92.